The van der Waals surface area contributed by atoms with Gasteiger partial charge in [-0.2, -0.15) is 5.10 Å². The van der Waals surface area contributed by atoms with Gasteiger partial charge in [-0.05, 0) is 31.2 Å². The number of hydrogen-bond acceptors (Lipinski definition) is 3. The van der Waals surface area contributed by atoms with Gasteiger partial charge in [-0.1, -0.05) is 0 Å². The summed E-state index contributed by atoms with van der Waals surface area (Å²) >= 11 is 0. The van der Waals surface area contributed by atoms with Crippen LogP contribution in [0.1, 0.15) is 25.0 Å². The van der Waals surface area contributed by atoms with Gasteiger partial charge in [0.2, 0.25) is 0 Å². The molecular formula is C13H20N2O2. The Balaban J connectivity index is 1.80. The summed E-state index contributed by atoms with van der Waals surface area (Å²) in [5, 5.41) is 14.2. The average molecular weight is 236 g/mol. The number of aliphatic hydroxyl groups excluding tert-OH is 1. The lowest BCUT2D eigenvalue weighted by Crippen LogP contribution is -2.38. The molecule has 1 aromatic rings. The predicted molar refractivity (Wildman–Crippen MR) is 63.5 cm³/mol. The molecule has 2 fully saturated rings. The fourth-order valence-electron chi connectivity index (χ4n) is 3.08. The highest BCUT2D eigenvalue weighted by Gasteiger charge is 2.50. The highest BCUT2D eigenvalue weighted by Crippen LogP contribution is 2.49. The highest BCUT2D eigenvalue weighted by atomic mass is 16.5. The Morgan fingerprint density at radius 1 is 1.59 bits per heavy atom. The summed E-state index contributed by atoms with van der Waals surface area (Å²) < 4.78 is 7.69. The van der Waals surface area contributed by atoms with E-state index in [0.717, 1.165) is 25.1 Å². The van der Waals surface area contributed by atoms with E-state index >= 15 is 0 Å². The van der Waals surface area contributed by atoms with Gasteiger partial charge in [0.15, 0.2) is 0 Å². The number of hydrogen-bond donors (Lipinski definition) is 1. The van der Waals surface area contributed by atoms with Gasteiger partial charge in [0, 0.05) is 31.7 Å². The van der Waals surface area contributed by atoms with Crippen molar-refractivity contribution in [1.29, 1.82) is 0 Å². The fraction of sp³-hybridized carbons (Fsp3) is 0.769. The zero-order valence-electron chi connectivity index (χ0n) is 10.3. The van der Waals surface area contributed by atoms with Gasteiger partial charge in [-0.25, -0.2) is 0 Å². The second-order valence-corrected chi connectivity index (χ2v) is 5.56. The summed E-state index contributed by atoms with van der Waals surface area (Å²) in [4.78, 5) is 0. The minimum atomic E-state index is -0.0878. The lowest BCUT2D eigenvalue weighted by atomic mass is 9.76. The molecule has 2 aliphatic rings. The Kier molecular flexibility index (Phi) is 2.71. The molecule has 2 unspecified atom stereocenters. The van der Waals surface area contributed by atoms with Crippen molar-refractivity contribution in [2.45, 2.75) is 31.8 Å². The van der Waals surface area contributed by atoms with Crippen LogP contribution < -0.4 is 0 Å². The molecule has 17 heavy (non-hydrogen) atoms. The van der Waals surface area contributed by atoms with Crippen LogP contribution >= 0.6 is 0 Å². The third-order valence-corrected chi connectivity index (χ3v) is 4.17. The molecule has 0 bridgehead atoms. The average Bonchev–Trinajstić information content (AvgIpc) is 2.96. The zero-order valence-corrected chi connectivity index (χ0v) is 10.3. The van der Waals surface area contributed by atoms with Gasteiger partial charge in [0.1, 0.15) is 0 Å². The van der Waals surface area contributed by atoms with Crippen LogP contribution in [0.5, 0.6) is 0 Å². The summed E-state index contributed by atoms with van der Waals surface area (Å²) in [5.41, 5.74) is 0.980. The molecule has 94 valence electrons. The lowest BCUT2D eigenvalue weighted by molar-refractivity contribution is 0.0000477. The van der Waals surface area contributed by atoms with Crippen LogP contribution in [-0.2, 0) is 18.2 Å². The number of ether oxygens (including phenoxy) is 1. The molecule has 1 saturated carbocycles. The summed E-state index contributed by atoms with van der Waals surface area (Å²) in [6.07, 6.45) is 6.52. The Morgan fingerprint density at radius 2 is 2.41 bits per heavy atom. The Morgan fingerprint density at radius 3 is 3.00 bits per heavy atom. The topological polar surface area (TPSA) is 47.3 Å². The molecule has 0 aromatic carbocycles. The van der Waals surface area contributed by atoms with Crippen LogP contribution in [0.25, 0.3) is 0 Å². The Hall–Kier alpha value is -0.870. The van der Waals surface area contributed by atoms with Crippen LogP contribution in [-0.4, -0.2) is 34.2 Å². The second-order valence-electron chi connectivity index (χ2n) is 5.56. The third-order valence-electron chi connectivity index (χ3n) is 4.17. The first-order chi connectivity index (χ1) is 8.23. The first kappa shape index (κ1) is 11.2. The lowest BCUT2D eigenvalue weighted by Gasteiger charge is -2.31. The van der Waals surface area contributed by atoms with Crippen molar-refractivity contribution in [2.75, 3.05) is 13.2 Å². The third kappa shape index (κ3) is 2.00. The predicted octanol–water partition coefficient (Wildman–Crippen LogP) is 1.14. The molecule has 0 spiro atoms. The molecule has 0 amide bonds. The molecule has 1 aliphatic carbocycles. The van der Waals surface area contributed by atoms with Gasteiger partial charge < -0.3 is 9.84 Å². The standard InChI is InChI=1S/C13H20N2O2/c1-15-6-4-11(14-15)8-13(9-16)5-7-17-12(13)10-2-3-10/h4,6,10,12,16H,2-3,5,7-9H2,1H3. The first-order valence-electron chi connectivity index (χ1n) is 6.44. The van der Waals surface area contributed by atoms with Crippen molar-refractivity contribution in [3.8, 4) is 0 Å². The second kappa shape index (κ2) is 4.10. The minimum absolute atomic E-state index is 0.0878. The Labute approximate surface area is 102 Å². The number of nitrogens with zero attached hydrogens (tertiary/aromatic N) is 2. The van der Waals surface area contributed by atoms with E-state index in [2.05, 4.69) is 5.10 Å². The van der Waals surface area contributed by atoms with E-state index in [4.69, 9.17) is 4.74 Å². The summed E-state index contributed by atoms with van der Waals surface area (Å²) in [6.45, 7) is 0.999. The number of aromatic nitrogens is 2. The van der Waals surface area contributed by atoms with Crippen molar-refractivity contribution in [2.24, 2.45) is 18.4 Å². The molecule has 0 radical (unpaired) electrons. The van der Waals surface area contributed by atoms with E-state index in [9.17, 15) is 5.11 Å². The SMILES string of the molecule is Cn1ccc(CC2(CO)CCOC2C2CC2)n1. The molecule has 3 rings (SSSR count). The molecule has 4 heteroatoms. The van der Waals surface area contributed by atoms with Crippen LogP contribution in [0, 0.1) is 11.3 Å². The maximum absolute atomic E-state index is 9.82. The van der Waals surface area contributed by atoms with Crippen LogP contribution in [0.3, 0.4) is 0 Å². The molecule has 2 atom stereocenters. The normalized spacial score (nSPS) is 33.2. The van der Waals surface area contributed by atoms with E-state index in [-0.39, 0.29) is 18.1 Å². The summed E-state index contributed by atoms with van der Waals surface area (Å²) in [7, 11) is 1.93. The zero-order chi connectivity index (χ0) is 11.9. The van der Waals surface area contributed by atoms with Gasteiger partial charge in [-0.15, -0.1) is 0 Å². The van der Waals surface area contributed by atoms with Crippen molar-refractivity contribution in [3.05, 3.63) is 18.0 Å². The van der Waals surface area contributed by atoms with Crippen molar-refractivity contribution < 1.29 is 9.84 Å². The van der Waals surface area contributed by atoms with Crippen LogP contribution in [0.2, 0.25) is 0 Å². The van der Waals surface area contributed by atoms with Crippen molar-refractivity contribution in [1.82, 2.24) is 9.78 Å². The van der Waals surface area contributed by atoms with Crippen molar-refractivity contribution >= 4 is 0 Å². The van der Waals surface area contributed by atoms with E-state index in [1.165, 1.54) is 12.8 Å². The smallest absolute Gasteiger partial charge is 0.0686 e. The number of aliphatic hydroxyl groups is 1. The van der Waals surface area contributed by atoms with Crippen molar-refractivity contribution in [3.63, 3.8) is 0 Å². The molecule has 1 aliphatic heterocycles. The molecule has 1 aromatic heterocycles. The number of rotatable bonds is 4. The van der Waals surface area contributed by atoms with Gasteiger partial charge in [0.25, 0.3) is 0 Å². The molecule has 1 saturated heterocycles. The minimum Gasteiger partial charge on any atom is -0.396 e. The summed E-state index contributed by atoms with van der Waals surface area (Å²) in [5.74, 6) is 0.674. The van der Waals surface area contributed by atoms with Gasteiger partial charge >= 0.3 is 0 Å². The first-order valence-corrected chi connectivity index (χ1v) is 6.44. The van der Waals surface area contributed by atoms with E-state index in [0.29, 0.717) is 5.92 Å². The van der Waals surface area contributed by atoms with E-state index in [1.54, 1.807) is 0 Å². The van der Waals surface area contributed by atoms with E-state index in [1.807, 2.05) is 24.0 Å². The molecule has 4 nitrogen and oxygen atoms in total. The van der Waals surface area contributed by atoms with Gasteiger partial charge in [-0.3, -0.25) is 4.68 Å². The van der Waals surface area contributed by atoms with Crippen LogP contribution in [0.4, 0.5) is 0 Å². The molecule has 1 N–H and O–H groups in total. The quantitative estimate of drug-likeness (QED) is 0.852. The monoisotopic (exact) mass is 236 g/mol. The maximum Gasteiger partial charge on any atom is 0.0686 e. The highest BCUT2D eigenvalue weighted by molar-refractivity contribution is 5.09. The fourth-order valence-corrected chi connectivity index (χ4v) is 3.08. The maximum atomic E-state index is 9.82. The Bertz CT molecular complexity index is 400. The summed E-state index contributed by atoms with van der Waals surface area (Å²) in [6, 6.07) is 2.04. The largest absolute Gasteiger partial charge is 0.396 e. The molecular weight excluding hydrogens is 216 g/mol. The molecule has 2 heterocycles. The van der Waals surface area contributed by atoms with Crippen LogP contribution in [0.15, 0.2) is 12.3 Å². The van der Waals surface area contributed by atoms with E-state index < -0.39 is 0 Å². The number of aryl methyl sites for hydroxylation is 1. The van der Waals surface area contributed by atoms with Gasteiger partial charge in [0.05, 0.1) is 18.4 Å².